The van der Waals surface area contributed by atoms with Crippen molar-refractivity contribution in [2.75, 3.05) is 20.0 Å². The number of hydroxylamine groups is 1. The van der Waals surface area contributed by atoms with E-state index in [4.69, 9.17) is 34.0 Å². The van der Waals surface area contributed by atoms with E-state index in [1.807, 2.05) is 18.2 Å². The Morgan fingerprint density at radius 3 is 2.14 bits per heavy atom. The van der Waals surface area contributed by atoms with Crippen LogP contribution in [0, 0.1) is 0 Å². The first-order valence-electron chi connectivity index (χ1n) is 10.7. The minimum atomic E-state index is -1.74. The number of aliphatic hydroxyl groups excluding tert-OH is 8. The number of aliphatic hydroxyl groups is 8. The maximum atomic E-state index is 9.94. The monoisotopic (exact) mass is 509 g/mol. The second kappa shape index (κ2) is 12.5. The summed E-state index contributed by atoms with van der Waals surface area (Å²) in [5.41, 5.74) is 3.04. The van der Waals surface area contributed by atoms with Crippen LogP contribution in [0.4, 0.5) is 0 Å². The Morgan fingerprint density at radius 2 is 1.49 bits per heavy atom. The van der Waals surface area contributed by atoms with Crippen molar-refractivity contribution in [2.24, 2.45) is 0 Å². The second-order valence-corrected chi connectivity index (χ2v) is 8.05. The normalized spacial score (nSPS) is 38.5. The summed E-state index contributed by atoms with van der Waals surface area (Å²) < 4.78 is 25.5. The van der Waals surface area contributed by atoms with E-state index in [0.29, 0.717) is 6.54 Å². The fraction of sp³-hybridized carbons (Fsp3) is 0.700. The first-order valence-corrected chi connectivity index (χ1v) is 10.7. The van der Waals surface area contributed by atoms with Crippen LogP contribution in [0.1, 0.15) is 5.56 Å². The molecule has 1 aromatic carbocycles. The Bertz CT molecular complexity index is 797. The van der Waals surface area contributed by atoms with Gasteiger partial charge in [0.25, 0.3) is 0 Å². The zero-order valence-corrected chi connectivity index (χ0v) is 18.4. The van der Waals surface area contributed by atoms with Crippen LogP contribution in [-0.2, 0) is 20.8 Å². The van der Waals surface area contributed by atoms with Gasteiger partial charge in [0, 0.05) is 6.54 Å². The number of hydrogen-bond acceptors (Lipinski definition) is 15. The largest absolute Gasteiger partial charge is 0.454 e. The Balaban J connectivity index is 0.000000237. The van der Waals surface area contributed by atoms with E-state index < -0.39 is 74.6 Å². The second-order valence-electron chi connectivity index (χ2n) is 8.05. The summed E-state index contributed by atoms with van der Waals surface area (Å²) in [5, 5.41) is 84.9. The van der Waals surface area contributed by atoms with Gasteiger partial charge in [0.15, 0.2) is 24.1 Å². The molecule has 3 heterocycles. The molecule has 4 rings (SSSR count). The third-order valence-corrected chi connectivity index (χ3v) is 5.70. The molecule has 2 fully saturated rings. The van der Waals surface area contributed by atoms with Crippen molar-refractivity contribution in [2.45, 2.75) is 68.0 Å². The SMILES string of the molecule is OC[C@H]1O[C@@H](O[C@H]2[C@H](O)[C@@H](O)C(O)O[C@@H]2CO)[C@H](O)[C@@H](O)[C@H]1O.ONCc1ccc2c(c1)OCO2. The van der Waals surface area contributed by atoms with Gasteiger partial charge in [-0.3, -0.25) is 0 Å². The lowest BCUT2D eigenvalue weighted by Gasteiger charge is -2.45. The zero-order chi connectivity index (χ0) is 25.7. The van der Waals surface area contributed by atoms with Gasteiger partial charge in [0.2, 0.25) is 6.79 Å². The van der Waals surface area contributed by atoms with E-state index in [0.717, 1.165) is 17.1 Å². The molecule has 0 aromatic heterocycles. The van der Waals surface area contributed by atoms with E-state index in [1.54, 1.807) is 0 Å². The van der Waals surface area contributed by atoms with E-state index >= 15 is 0 Å². The summed E-state index contributed by atoms with van der Waals surface area (Å²) in [5.74, 6) is 1.50. The molecule has 3 aliphatic rings. The first kappa shape index (κ1) is 27.9. The van der Waals surface area contributed by atoms with Crippen LogP contribution in [0.3, 0.4) is 0 Å². The van der Waals surface area contributed by atoms with Crippen LogP contribution in [0.15, 0.2) is 18.2 Å². The van der Waals surface area contributed by atoms with Gasteiger partial charge >= 0.3 is 0 Å². The molecule has 10 N–H and O–H groups in total. The van der Waals surface area contributed by atoms with Gasteiger partial charge in [0.1, 0.15) is 48.8 Å². The topological polar surface area (TPSA) is 240 Å². The molecule has 0 saturated carbocycles. The molecular weight excluding hydrogens is 478 g/mol. The molecule has 0 radical (unpaired) electrons. The molecule has 15 nitrogen and oxygen atoms in total. The minimum absolute atomic E-state index is 0.283. The average Bonchev–Trinajstić information content (AvgIpc) is 3.33. The van der Waals surface area contributed by atoms with Gasteiger partial charge in [-0.25, -0.2) is 5.48 Å². The summed E-state index contributed by atoms with van der Waals surface area (Å²) in [6.07, 6.45) is -15.6. The average molecular weight is 509 g/mol. The van der Waals surface area contributed by atoms with Crippen LogP contribution in [0.25, 0.3) is 0 Å². The number of benzene rings is 1. The highest BCUT2D eigenvalue weighted by molar-refractivity contribution is 5.44. The van der Waals surface area contributed by atoms with Gasteiger partial charge in [-0.05, 0) is 17.7 Å². The number of nitrogens with one attached hydrogen (secondary N) is 1. The predicted octanol–water partition coefficient (Wildman–Crippen LogP) is -4.50. The zero-order valence-electron chi connectivity index (χ0n) is 18.4. The number of fused-ring (bicyclic) bond motifs is 1. The van der Waals surface area contributed by atoms with Gasteiger partial charge in [-0.2, -0.15) is 0 Å². The molecule has 0 bridgehead atoms. The lowest BCUT2D eigenvalue weighted by molar-refractivity contribution is -0.355. The van der Waals surface area contributed by atoms with Crippen LogP contribution in [0.2, 0.25) is 0 Å². The lowest BCUT2D eigenvalue weighted by Crippen LogP contribution is -2.64. The molecule has 0 spiro atoms. The van der Waals surface area contributed by atoms with Crippen molar-refractivity contribution in [1.29, 1.82) is 0 Å². The number of rotatable bonds is 6. The lowest BCUT2D eigenvalue weighted by atomic mass is 9.97. The Labute approximate surface area is 199 Å². The molecule has 1 aromatic rings. The predicted molar refractivity (Wildman–Crippen MR) is 110 cm³/mol. The molecule has 35 heavy (non-hydrogen) atoms. The summed E-state index contributed by atoms with van der Waals surface area (Å²) in [6.45, 7) is -0.649. The maximum Gasteiger partial charge on any atom is 0.231 e. The summed E-state index contributed by atoms with van der Waals surface area (Å²) in [6, 6.07) is 5.54. The smallest absolute Gasteiger partial charge is 0.231 e. The highest BCUT2D eigenvalue weighted by atomic mass is 16.7. The van der Waals surface area contributed by atoms with E-state index in [1.165, 1.54) is 0 Å². The van der Waals surface area contributed by atoms with Gasteiger partial charge in [-0.1, -0.05) is 6.07 Å². The highest BCUT2D eigenvalue weighted by Gasteiger charge is 2.50. The van der Waals surface area contributed by atoms with E-state index in [-0.39, 0.29) is 6.79 Å². The fourth-order valence-corrected chi connectivity index (χ4v) is 3.71. The van der Waals surface area contributed by atoms with Gasteiger partial charge in [-0.15, -0.1) is 0 Å². The van der Waals surface area contributed by atoms with E-state index in [9.17, 15) is 35.7 Å². The molecule has 10 atom stereocenters. The molecule has 0 amide bonds. The van der Waals surface area contributed by atoms with Gasteiger partial charge < -0.3 is 69.7 Å². The number of hydrogen-bond donors (Lipinski definition) is 10. The van der Waals surface area contributed by atoms with Crippen LogP contribution >= 0.6 is 0 Å². The molecule has 1 unspecified atom stereocenters. The van der Waals surface area contributed by atoms with Crippen molar-refractivity contribution in [3.63, 3.8) is 0 Å². The fourth-order valence-electron chi connectivity index (χ4n) is 3.71. The first-order chi connectivity index (χ1) is 16.7. The third kappa shape index (κ3) is 6.36. The van der Waals surface area contributed by atoms with Crippen molar-refractivity contribution in [3.8, 4) is 11.5 Å². The molecule has 15 heteroatoms. The van der Waals surface area contributed by atoms with Gasteiger partial charge in [0.05, 0.1) is 13.2 Å². The number of ether oxygens (including phenoxy) is 5. The molecule has 3 aliphatic heterocycles. The van der Waals surface area contributed by atoms with Crippen molar-refractivity contribution in [3.05, 3.63) is 23.8 Å². The standard InChI is InChI=1S/C12H22O11.C8H9NO3/c13-1-3-5(15)6(16)9(19)12(22-3)23-10-4(2-14)21-11(20)8(18)7(10)17;10-9-4-6-1-2-7-8(3-6)12-5-11-7/h3-20H,1-2H2;1-3,9-10H,4-5H2/t3-,4-,5+,6+,7-,8-,9-,10-,11?,12+;/m1./s1. The van der Waals surface area contributed by atoms with Crippen molar-refractivity contribution in [1.82, 2.24) is 5.48 Å². The Morgan fingerprint density at radius 1 is 0.800 bits per heavy atom. The summed E-state index contributed by atoms with van der Waals surface area (Å²) in [7, 11) is 0. The Kier molecular flexibility index (Phi) is 9.96. The van der Waals surface area contributed by atoms with Crippen LogP contribution in [-0.4, -0.2) is 127 Å². The molecule has 2 saturated heterocycles. The molecule has 200 valence electrons. The van der Waals surface area contributed by atoms with E-state index in [2.05, 4.69) is 5.48 Å². The summed E-state index contributed by atoms with van der Waals surface area (Å²) >= 11 is 0. The van der Waals surface area contributed by atoms with Crippen molar-refractivity contribution >= 4 is 0 Å². The maximum absolute atomic E-state index is 9.94. The summed E-state index contributed by atoms with van der Waals surface area (Å²) in [4.78, 5) is 0. The Hall–Kier alpha value is -1.70. The molecule has 0 aliphatic carbocycles. The third-order valence-electron chi connectivity index (χ3n) is 5.70. The highest BCUT2D eigenvalue weighted by Crippen LogP contribution is 2.32. The van der Waals surface area contributed by atoms with Crippen LogP contribution < -0.4 is 15.0 Å². The van der Waals surface area contributed by atoms with Crippen LogP contribution in [0.5, 0.6) is 11.5 Å². The quantitative estimate of drug-likeness (QED) is 0.163. The van der Waals surface area contributed by atoms with Crippen molar-refractivity contribution < 1.29 is 69.7 Å². The molecular formula is C20H31NO14. The minimum Gasteiger partial charge on any atom is -0.454 e.